The third kappa shape index (κ3) is 3.66. The van der Waals surface area contributed by atoms with Gasteiger partial charge in [0, 0.05) is 22.7 Å². The largest absolute Gasteiger partial charge is 0.486 e. The van der Waals surface area contributed by atoms with Crippen molar-refractivity contribution in [1.82, 2.24) is 14.5 Å². The standard InChI is InChI=1S/C27H25N3O2/c1-3-19-7-6-8-21-22(15-28-27(19)21)25(31)16-30-24-10-5-4-9-23(24)29-26(30)17-32-20-13-11-18(2)12-14-20/h4-15,28H,3,16-17H2,1-2H3. The van der Waals surface area contributed by atoms with E-state index in [1.165, 1.54) is 11.1 Å². The summed E-state index contributed by atoms with van der Waals surface area (Å²) in [6.07, 6.45) is 2.74. The first kappa shape index (κ1) is 20.1. The Morgan fingerprint density at radius 1 is 1.03 bits per heavy atom. The molecule has 160 valence electrons. The fourth-order valence-corrected chi connectivity index (χ4v) is 4.17. The SMILES string of the molecule is CCc1cccc2c(C(=O)Cn3c(COc4ccc(C)cc4)nc4ccccc43)c[nH]c12. The number of rotatable bonds is 7. The van der Waals surface area contributed by atoms with Crippen LogP contribution in [0.1, 0.15) is 34.2 Å². The second kappa shape index (κ2) is 8.35. The number of aryl methyl sites for hydroxylation is 2. The molecule has 0 radical (unpaired) electrons. The molecular formula is C27H25N3O2. The van der Waals surface area contributed by atoms with E-state index in [1.807, 2.05) is 78.4 Å². The number of fused-ring (bicyclic) bond motifs is 2. The van der Waals surface area contributed by atoms with Gasteiger partial charge in [-0.3, -0.25) is 4.79 Å². The molecule has 5 nitrogen and oxygen atoms in total. The maximum absolute atomic E-state index is 13.4. The minimum Gasteiger partial charge on any atom is -0.486 e. The average Bonchev–Trinajstić information content (AvgIpc) is 3.40. The number of aromatic nitrogens is 3. The maximum atomic E-state index is 13.4. The van der Waals surface area contributed by atoms with Crippen LogP contribution in [0.5, 0.6) is 5.75 Å². The first-order chi connectivity index (χ1) is 15.6. The minimum atomic E-state index is 0.0456. The Morgan fingerprint density at radius 2 is 1.84 bits per heavy atom. The predicted octanol–water partition coefficient (Wildman–Crippen LogP) is 5.85. The molecule has 0 aliphatic heterocycles. The van der Waals surface area contributed by atoms with Crippen molar-refractivity contribution in [2.75, 3.05) is 0 Å². The number of Topliss-reactive ketones (excluding diaryl/α,β-unsaturated/α-hetero) is 1. The molecule has 5 rings (SSSR count). The van der Waals surface area contributed by atoms with Crippen molar-refractivity contribution in [2.45, 2.75) is 33.4 Å². The Morgan fingerprint density at radius 3 is 2.66 bits per heavy atom. The fraction of sp³-hybridized carbons (Fsp3) is 0.185. The molecule has 0 fully saturated rings. The zero-order valence-electron chi connectivity index (χ0n) is 18.3. The molecule has 2 aromatic heterocycles. The molecule has 1 N–H and O–H groups in total. The van der Waals surface area contributed by atoms with E-state index in [2.05, 4.69) is 18.0 Å². The molecule has 0 spiro atoms. The molecular weight excluding hydrogens is 398 g/mol. The van der Waals surface area contributed by atoms with Crippen molar-refractivity contribution >= 4 is 27.7 Å². The van der Waals surface area contributed by atoms with Crippen molar-refractivity contribution in [3.8, 4) is 5.75 Å². The molecule has 0 aliphatic carbocycles. The number of nitrogens with zero attached hydrogens (tertiary/aromatic N) is 2. The number of hydrogen-bond donors (Lipinski definition) is 1. The maximum Gasteiger partial charge on any atom is 0.184 e. The van der Waals surface area contributed by atoms with Crippen LogP contribution >= 0.6 is 0 Å². The van der Waals surface area contributed by atoms with Crippen LogP contribution < -0.4 is 4.74 Å². The second-order valence-electron chi connectivity index (χ2n) is 8.02. The van der Waals surface area contributed by atoms with Crippen molar-refractivity contribution in [1.29, 1.82) is 0 Å². The van der Waals surface area contributed by atoms with Crippen LogP contribution in [0.2, 0.25) is 0 Å². The number of carbonyl (C=O) groups is 1. The first-order valence-corrected chi connectivity index (χ1v) is 10.9. The van der Waals surface area contributed by atoms with E-state index in [0.29, 0.717) is 12.2 Å². The van der Waals surface area contributed by atoms with Gasteiger partial charge in [-0.2, -0.15) is 0 Å². The number of ether oxygens (including phenoxy) is 1. The number of nitrogens with one attached hydrogen (secondary N) is 1. The third-order valence-electron chi connectivity index (χ3n) is 5.91. The van der Waals surface area contributed by atoms with Gasteiger partial charge in [0.15, 0.2) is 5.78 Å². The Balaban J connectivity index is 1.47. The van der Waals surface area contributed by atoms with Crippen LogP contribution in [0.25, 0.3) is 21.9 Å². The van der Waals surface area contributed by atoms with Gasteiger partial charge in [-0.15, -0.1) is 0 Å². The Kier molecular flexibility index (Phi) is 5.23. The lowest BCUT2D eigenvalue weighted by Gasteiger charge is -2.10. The highest BCUT2D eigenvalue weighted by Crippen LogP contribution is 2.25. The molecule has 0 unspecified atom stereocenters. The van der Waals surface area contributed by atoms with Gasteiger partial charge in [-0.05, 0) is 43.2 Å². The number of hydrogen-bond acceptors (Lipinski definition) is 3. The lowest BCUT2D eigenvalue weighted by Crippen LogP contribution is -2.14. The van der Waals surface area contributed by atoms with Crippen molar-refractivity contribution in [3.63, 3.8) is 0 Å². The Labute approximate surface area is 186 Å². The van der Waals surface area contributed by atoms with Gasteiger partial charge in [0.25, 0.3) is 0 Å². The normalized spacial score (nSPS) is 11.3. The zero-order chi connectivity index (χ0) is 22.1. The molecule has 0 saturated carbocycles. The molecule has 5 aromatic rings. The van der Waals surface area contributed by atoms with E-state index in [1.54, 1.807) is 0 Å². The molecule has 0 amide bonds. The highest BCUT2D eigenvalue weighted by atomic mass is 16.5. The lowest BCUT2D eigenvalue weighted by molar-refractivity contribution is 0.0972. The number of aromatic amines is 1. The molecule has 0 bridgehead atoms. The van der Waals surface area contributed by atoms with Crippen LogP contribution in [0, 0.1) is 6.92 Å². The lowest BCUT2D eigenvalue weighted by atomic mass is 10.0. The number of ketones is 1. The molecule has 32 heavy (non-hydrogen) atoms. The monoisotopic (exact) mass is 423 g/mol. The predicted molar refractivity (Wildman–Crippen MR) is 127 cm³/mol. The van der Waals surface area contributed by atoms with Gasteiger partial charge in [-0.25, -0.2) is 4.98 Å². The van der Waals surface area contributed by atoms with E-state index in [9.17, 15) is 4.79 Å². The number of benzene rings is 3. The van der Waals surface area contributed by atoms with Gasteiger partial charge in [0.1, 0.15) is 18.2 Å². The first-order valence-electron chi connectivity index (χ1n) is 10.9. The van der Waals surface area contributed by atoms with Crippen LogP contribution in [-0.2, 0) is 19.6 Å². The van der Waals surface area contributed by atoms with Crippen LogP contribution in [0.4, 0.5) is 0 Å². The average molecular weight is 424 g/mol. The van der Waals surface area contributed by atoms with Crippen molar-refractivity contribution in [3.05, 3.63) is 95.4 Å². The molecule has 5 heteroatoms. The summed E-state index contributed by atoms with van der Waals surface area (Å²) < 4.78 is 7.96. The summed E-state index contributed by atoms with van der Waals surface area (Å²) >= 11 is 0. The van der Waals surface area contributed by atoms with Crippen molar-refractivity contribution < 1.29 is 9.53 Å². The summed E-state index contributed by atoms with van der Waals surface area (Å²) in [5, 5.41) is 0.969. The highest BCUT2D eigenvalue weighted by molar-refractivity contribution is 6.08. The van der Waals surface area contributed by atoms with E-state index >= 15 is 0 Å². The third-order valence-corrected chi connectivity index (χ3v) is 5.91. The number of carbonyl (C=O) groups excluding carboxylic acids is 1. The summed E-state index contributed by atoms with van der Waals surface area (Å²) in [7, 11) is 0. The molecule has 0 atom stereocenters. The number of para-hydroxylation sites is 3. The number of imidazole rings is 1. The van der Waals surface area contributed by atoms with Crippen molar-refractivity contribution in [2.24, 2.45) is 0 Å². The van der Waals surface area contributed by atoms with Crippen LogP contribution in [0.3, 0.4) is 0 Å². The van der Waals surface area contributed by atoms with Gasteiger partial charge in [0.2, 0.25) is 0 Å². The highest BCUT2D eigenvalue weighted by Gasteiger charge is 2.18. The van der Waals surface area contributed by atoms with E-state index in [0.717, 1.165) is 39.9 Å². The summed E-state index contributed by atoms with van der Waals surface area (Å²) in [6, 6.07) is 21.9. The van der Waals surface area contributed by atoms with Gasteiger partial charge >= 0.3 is 0 Å². The van der Waals surface area contributed by atoms with Gasteiger partial charge in [-0.1, -0.05) is 55.0 Å². The molecule has 0 saturated heterocycles. The quantitative estimate of drug-likeness (QED) is 0.334. The van der Waals surface area contributed by atoms with Gasteiger partial charge < -0.3 is 14.3 Å². The molecule has 3 aromatic carbocycles. The smallest absolute Gasteiger partial charge is 0.184 e. The Bertz CT molecular complexity index is 1410. The second-order valence-corrected chi connectivity index (χ2v) is 8.02. The van der Waals surface area contributed by atoms with E-state index in [4.69, 9.17) is 9.72 Å². The minimum absolute atomic E-state index is 0.0456. The molecule has 0 aliphatic rings. The zero-order valence-corrected chi connectivity index (χ0v) is 18.3. The Hall–Kier alpha value is -3.86. The van der Waals surface area contributed by atoms with E-state index in [-0.39, 0.29) is 12.3 Å². The molecule has 2 heterocycles. The van der Waals surface area contributed by atoms with E-state index < -0.39 is 0 Å². The summed E-state index contributed by atoms with van der Waals surface area (Å²) in [5.41, 5.74) is 5.92. The number of H-pyrrole nitrogens is 1. The summed E-state index contributed by atoms with van der Waals surface area (Å²) in [5.74, 6) is 1.56. The van der Waals surface area contributed by atoms with Crippen LogP contribution in [0.15, 0.2) is 72.9 Å². The topological polar surface area (TPSA) is 59.9 Å². The fourth-order valence-electron chi connectivity index (χ4n) is 4.17. The van der Waals surface area contributed by atoms with Gasteiger partial charge in [0.05, 0.1) is 17.6 Å². The van der Waals surface area contributed by atoms with Crippen LogP contribution in [-0.4, -0.2) is 20.3 Å². The summed E-state index contributed by atoms with van der Waals surface area (Å²) in [4.78, 5) is 21.4. The summed E-state index contributed by atoms with van der Waals surface area (Å²) in [6.45, 7) is 4.66.